The fraction of sp³-hybridized carbons (Fsp3) is 0.333. The van der Waals surface area contributed by atoms with Crippen LogP contribution in [0.2, 0.25) is 0 Å². The first kappa shape index (κ1) is 15.4. The summed E-state index contributed by atoms with van der Waals surface area (Å²) in [6.07, 6.45) is 1.82. The van der Waals surface area contributed by atoms with Crippen molar-refractivity contribution in [1.82, 2.24) is 0 Å². The van der Waals surface area contributed by atoms with Gasteiger partial charge in [-0.3, -0.25) is 0 Å². The van der Waals surface area contributed by atoms with Crippen molar-refractivity contribution in [2.75, 3.05) is 7.11 Å². The molecule has 0 saturated heterocycles. The SMILES string of the molecule is CCC(N)Cc1ccc(OCc2ccccc2)c(OC)c1. The molecular weight excluding hydrogens is 262 g/mol. The molecule has 2 rings (SSSR count). The Hall–Kier alpha value is -2.00. The maximum absolute atomic E-state index is 6.00. The molecule has 0 fully saturated rings. The summed E-state index contributed by atoms with van der Waals surface area (Å²) in [5.74, 6) is 1.52. The van der Waals surface area contributed by atoms with Crippen LogP contribution in [0.3, 0.4) is 0 Å². The Morgan fingerprint density at radius 1 is 1.00 bits per heavy atom. The minimum atomic E-state index is 0.186. The standard InChI is InChI=1S/C18H23NO2/c1-3-16(19)11-15-9-10-17(18(12-15)20-2)21-13-14-7-5-4-6-8-14/h4-10,12,16H,3,11,13,19H2,1-2H3. The van der Waals surface area contributed by atoms with E-state index in [1.54, 1.807) is 7.11 Å². The molecule has 0 radical (unpaired) electrons. The minimum absolute atomic E-state index is 0.186. The van der Waals surface area contributed by atoms with Gasteiger partial charge < -0.3 is 15.2 Å². The van der Waals surface area contributed by atoms with Gasteiger partial charge in [-0.25, -0.2) is 0 Å². The second-order valence-corrected chi connectivity index (χ2v) is 5.13. The van der Waals surface area contributed by atoms with Crippen molar-refractivity contribution >= 4 is 0 Å². The van der Waals surface area contributed by atoms with Gasteiger partial charge in [0.2, 0.25) is 0 Å². The second kappa shape index (κ2) is 7.70. The number of hydrogen-bond donors (Lipinski definition) is 1. The molecule has 0 bridgehead atoms. The summed E-state index contributed by atoms with van der Waals surface area (Å²) in [5, 5.41) is 0. The lowest BCUT2D eigenvalue weighted by Crippen LogP contribution is -2.21. The van der Waals surface area contributed by atoms with Crippen LogP contribution in [0.4, 0.5) is 0 Å². The van der Waals surface area contributed by atoms with E-state index in [0.717, 1.165) is 29.9 Å². The third-order valence-corrected chi connectivity index (χ3v) is 3.49. The Balaban J connectivity index is 2.05. The molecule has 0 amide bonds. The van der Waals surface area contributed by atoms with E-state index in [0.29, 0.717) is 6.61 Å². The number of nitrogens with two attached hydrogens (primary N) is 1. The zero-order valence-corrected chi connectivity index (χ0v) is 12.7. The van der Waals surface area contributed by atoms with Crippen LogP contribution < -0.4 is 15.2 Å². The number of ether oxygens (including phenoxy) is 2. The summed E-state index contributed by atoms with van der Waals surface area (Å²) >= 11 is 0. The zero-order valence-electron chi connectivity index (χ0n) is 12.7. The van der Waals surface area contributed by atoms with Crippen molar-refractivity contribution in [2.24, 2.45) is 5.73 Å². The fourth-order valence-corrected chi connectivity index (χ4v) is 2.14. The maximum atomic E-state index is 6.00. The monoisotopic (exact) mass is 285 g/mol. The van der Waals surface area contributed by atoms with Crippen molar-refractivity contribution in [3.05, 3.63) is 59.7 Å². The molecular formula is C18H23NO2. The molecule has 0 heterocycles. The van der Waals surface area contributed by atoms with E-state index < -0.39 is 0 Å². The van der Waals surface area contributed by atoms with E-state index in [-0.39, 0.29) is 6.04 Å². The van der Waals surface area contributed by atoms with Crippen LogP contribution in [0, 0.1) is 0 Å². The molecule has 1 unspecified atom stereocenters. The predicted octanol–water partition coefficient (Wildman–Crippen LogP) is 3.55. The molecule has 0 spiro atoms. The number of methoxy groups -OCH3 is 1. The predicted molar refractivity (Wildman–Crippen MR) is 85.7 cm³/mol. The van der Waals surface area contributed by atoms with Gasteiger partial charge in [-0.1, -0.05) is 43.3 Å². The summed E-state index contributed by atoms with van der Waals surface area (Å²) in [5.41, 5.74) is 8.31. The summed E-state index contributed by atoms with van der Waals surface area (Å²) in [7, 11) is 1.66. The summed E-state index contributed by atoms with van der Waals surface area (Å²) in [4.78, 5) is 0. The maximum Gasteiger partial charge on any atom is 0.161 e. The van der Waals surface area contributed by atoms with E-state index in [4.69, 9.17) is 15.2 Å². The van der Waals surface area contributed by atoms with Gasteiger partial charge in [0.25, 0.3) is 0 Å². The van der Waals surface area contributed by atoms with Gasteiger partial charge in [0.1, 0.15) is 6.61 Å². The molecule has 112 valence electrons. The van der Waals surface area contributed by atoms with E-state index in [9.17, 15) is 0 Å². The van der Waals surface area contributed by atoms with Gasteiger partial charge in [-0.05, 0) is 36.1 Å². The first-order chi connectivity index (χ1) is 10.2. The first-order valence-electron chi connectivity index (χ1n) is 7.32. The van der Waals surface area contributed by atoms with Crippen molar-refractivity contribution in [3.8, 4) is 11.5 Å². The third-order valence-electron chi connectivity index (χ3n) is 3.49. The molecule has 3 heteroatoms. The van der Waals surface area contributed by atoms with Crippen LogP contribution in [0.1, 0.15) is 24.5 Å². The minimum Gasteiger partial charge on any atom is -0.493 e. The Bertz CT molecular complexity index is 554. The lowest BCUT2D eigenvalue weighted by Gasteiger charge is -2.14. The lowest BCUT2D eigenvalue weighted by molar-refractivity contribution is 0.284. The molecule has 2 aromatic rings. The molecule has 3 nitrogen and oxygen atoms in total. The van der Waals surface area contributed by atoms with E-state index in [1.165, 1.54) is 5.56 Å². The number of benzene rings is 2. The summed E-state index contributed by atoms with van der Waals surface area (Å²) in [6, 6.07) is 16.3. The topological polar surface area (TPSA) is 44.5 Å². The first-order valence-corrected chi connectivity index (χ1v) is 7.32. The third kappa shape index (κ3) is 4.50. The Kier molecular flexibility index (Phi) is 5.64. The highest BCUT2D eigenvalue weighted by Gasteiger charge is 2.08. The number of hydrogen-bond acceptors (Lipinski definition) is 3. The molecule has 2 N–H and O–H groups in total. The normalized spacial score (nSPS) is 12.0. The van der Waals surface area contributed by atoms with Crippen LogP contribution >= 0.6 is 0 Å². The second-order valence-electron chi connectivity index (χ2n) is 5.13. The van der Waals surface area contributed by atoms with Crippen molar-refractivity contribution in [2.45, 2.75) is 32.4 Å². The molecule has 0 aromatic heterocycles. The van der Waals surface area contributed by atoms with Crippen LogP contribution in [0.25, 0.3) is 0 Å². The smallest absolute Gasteiger partial charge is 0.161 e. The van der Waals surface area contributed by atoms with Crippen molar-refractivity contribution in [3.63, 3.8) is 0 Å². The van der Waals surface area contributed by atoms with Crippen LogP contribution in [-0.2, 0) is 13.0 Å². The molecule has 0 aliphatic rings. The average Bonchev–Trinajstić information content (AvgIpc) is 2.54. The highest BCUT2D eigenvalue weighted by Crippen LogP contribution is 2.29. The van der Waals surface area contributed by atoms with Gasteiger partial charge in [0.05, 0.1) is 7.11 Å². The average molecular weight is 285 g/mol. The van der Waals surface area contributed by atoms with E-state index in [1.807, 2.05) is 42.5 Å². The van der Waals surface area contributed by atoms with Crippen molar-refractivity contribution in [1.29, 1.82) is 0 Å². The zero-order chi connectivity index (χ0) is 15.1. The quantitative estimate of drug-likeness (QED) is 0.846. The Morgan fingerprint density at radius 2 is 1.76 bits per heavy atom. The molecule has 0 aliphatic heterocycles. The van der Waals surface area contributed by atoms with Crippen LogP contribution in [0.5, 0.6) is 11.5 Å². The van der Waals surface area contributed by atoms with Crippen LogP contribution in [0.15, 0.2) is 48.5 Å². The van der Waals surface area contributed by atoms with E-state index >= 15 is 0 Å². The van der Waals surface area contributed by atoms with Gasteiger partial charge in [0, 0.05) is 6.04 Å². The molecule has 1 atom stereocenters. The van der Waals surface area contributed by atoms with E-state index in [2.05, 4.69) is 13.0 Å². The van der Waals surface area contributed by atoms with Gasteiger partial charge in [-0.2, -0.15) is 0 Å². The molecule has 0 saturated carbocycles. The largest absolute Gasteiger partial charge is 0.493 e. The molecule has 2 aromatic carbocycles. The van der Waals surface area contributed by atoms with Crippen molar-refractivity contribution < 1.29 is 9.47 Å². The highest BCUT2D eigenvalue weighted by atomic mass is 16.5. The molecule has 21 heavy (non-hydrogen) atoms. The van der Waals surface area contributed by atoms with Gasteiger partial charge in [-0.15, -0.1) is 0 Å². The Morgan fingerprint density at radius 3 is 2.43 bits per heavy atom. The molecule has 0 aliphatic carbocycles. The van der Waals surface area contributed by atoms with Gasteiger partial charge in [0.15, 0.2) is 11.5 Å². The lowest BCUT2D eigenvalue weighted by atomic mass is 10.0. The van der Waals surface area contributed by atoms with Gasteiger partial charge >= 0.3 is 0 Å². The fourth-order valence-electron chi connectivity index (χ4n) is 2.14. The highest BCUT2D eigenvalue weighted by molar-refractivity contribution is 5.43. The number of rotatable bonds is 7. The van der Waals surface area contributed by atoms with Crippen LogP contribution in [-0.4, -0.2) is 13.2 Å². The summed E-state index contributed by atoms with van der Waals surface area (Å²) in [6.45, 7) is 2.63. The Labute approximate surface area is 126 Å². The summed E-state index contributed by atoms with van der Waals surface area (Å²) < 4.78 is 11.3.